The molecule has 0 radical (unpaired) electrons. The van der Waals surface area contributed by atoms with Crippen LogP contribution in [-0.2, 0) is 4.74 Å². The third-order valence-electron chi connectivity index (χ3n) is 4.51. The Morgan fingerprint density at radius 2 is 1.88 bits per heavy atom. The largest absolute Gasteiger partial charge is 0.461 e. The highest BCUT2D eigenvalue weighted by molar-refractivity contribution is 9.10. The zero-order chi connectivity index (χ0) is 22.8. The van der Waals surface area contributed by atoms with Gasteiger partial charge in [-0.25, -0.2) is 4.79 Å². The minimum Gasteiger partial charge on any atom is -0.461 e. The zero-order valence-electron chi connectivity index (χ0n) is 16.6. The van der Waals surface area contributed by atoms with Gasteiger partial charge >= 0.3 is 5.97 Å². The average Bonchev–Trinajstić information content (AvgIpc) is 3.19. The fraction of sp³-hybridized carbons (Fsp3) is 0.0909. The molecule has 0 bridgehead atoms. The second kappa shape index (κ2) is 9.35. The minimum atomic E-state index is -0.647. The summed E-state index contributed by atoms with van der Waals surface area (Å²) < 4.78 is 7.88. The van der Waals surface area contributed by atoms with Gasteiger partial charge in [-0.3, -0.25) is 9.59 Å². The topological polar surface area (TPSA) is 90.3 Å². The third kappa shape index (κ3) is 4.38. The van der Waals surface area contributed by atoms with Crippen molar-refractivity contribution in [2.24, 2.45) is 0 Å². The molecule has 0 atom stereocenters. The van der Waals surface area contributed by atoms with Gasteiger partial charge in [0.2, 0.25) is 0 Å². The zero-order valence-corrected chi connectivity index (χ0v) is 20.6. The molecule has 1 amide bonds. The van der Waals surface area contributed by atoms with E-state index in [1.54, 1.807) is 54.8 Å². The summed E-state index contributed by atoms with van der Waals surface area (Å²) in [5.74, 6) is -1.02. The average molecular weight is 577 g/mol. The molecule has 32 heavy (non-hydrogen) atoms. The number of hydrogen-bond acceptors (Lipinski definition) is 6. The van der Waals surface area contributed by atoms with E-state index in [0.717, 1.165) is 25.0 Å². The summed E-state index contributed by atoms with van der Waals surface area (Å²) in [4.78, 5) is 38.8. The van der Waals surface area contributed by atoms with Gasteiger partial charge in [0, 0.05) is 25.3 Å². The fourth-order valence-electron chi connectivity index (χ4n) is 3.05. The molecular formula is C22H15Br2N3O4S. The van der Waals surface area contributed by atoms with Crippen LogP contribution in [0, 0.1) is 0 Å². The monoisotopic (exact) mass is 575 g/mol. The molecule has 0 spiro atoms. The van der Waals surface area contributed by atoms with Gasteiger partial charge in [-0.05, 0) is 49.4 Å². The van der Waals surface area contributed by atoms with Crippen LogP contribution in [0.1, 0.15) is 27.8 Å². The van der Waals surface area contributed by atoms with Gasteiger partial charge in [0.1, 0.15) is 5.00 Å². The Balaban J connectivity index is 1.88. The molecule has 0 aliphatic heterocycles. The van der Waals surface area contributed by atoms with E-state index in [-0.39, 0.29) is 23.6 Å². The summed E-state index contributed by atoms with van der Waals surface area (Å²) >= 11 is 7.86. The molecule has 0 aliphatic carbocycles. The summed E-state index contributed by atoms with van der Waals surface area (Å²) in [6.07, 6.45) is 0. The summed E-state index contributed by atoms with van der Waals surface area (Å²) in [6, 6.07) is 13.8. The van der Waals surface area contributed by atoms with Crippen LogP contribution < -0.4 is 10.9 Å². The van der Waals surface area contributed by atoms with Crippen molar-refractivity contribution in [3.05, 3.63) is 84.5 Å². The van der Waals surface area contributed by atoms with Crippen LogP contribution >= 0.6 is 43.2 Å². The maximum atomic E-state index is 13.4. The maximum Gasteiger partial charge on any atom is 0.359 e. The van der Waals surface area contributed by atoms with E-state index >= 15 is 0 Å². The Morgan fingerprint density at radius 1 is 1.12 bits per heavy atom. The molecular weight excluding hydrogens is 562 g/mol. The Labute approximate surface area is 203 Å². The number of benzene rings is 2. The van der Waals surface area contributed by atoms with Crippen LogP contribution in [0.3, 0.4) is 0 Å². The van der Waals surface area contributed by atoms with Crippen LogP contribution in [0.2, 0.25) is 0 Å². The second-order valence-electron chi connectivity index (χ2n) is 6.58. The predicted molar refractivity (Wildman–Crippen MR) is 131 cm³/mol. The van der Waals surface area contributed by atoms with Gasteiger partial charge in [0.25, 0.3) is 11.5 Å². The summed E-state index contributed by atoms with van der Waals surface area (Å²) in [5, 5.41) is 9.55. The molecule has 0 fully saturated rings. The molecule has 4 rings (SSSR count). The number of carbonyl (C=O) groups is 2. The number of aromatic nitrogens is 2. The number of esters is 1. The second-order valence-corrected chi connectivity index (χ2v) is 9.29. The number of carbonyl (C=O) groups excluding carboxylic acids is 2. The van der Waals surface area contributed by atoms with Crippen LogP contribution in [0.15, 0.2) is 67.7 Å². The number of nitrogens with zero attached hydrogens (tertiary/aromatic N) is 2. The van der Waals surface area contributed by atoms with Crippen molar-refractivity contribution < 1.29 is 14.3 Å². The van der Waals surface area contributed by atoms with Crippen LogP contribution in [-0.4, -0.2) is 28.3 Å². The summed E-state index contributed by atoms with van der Waals surface area (Å²) in [6.45, 7) is 1.85. The number of thiophene rings is 1. The Morgan fingerprint density at radius 3 is 2.56 bits per heavy atom. The number of ether oxygens (including phenoxy) is 1. The van der Waals surface area contributed by atoms with E-state index in [9.17, 15) is 14.4 Å². The summed E-state index contributed by atoms with van der Waals surface area (Å²) in [5.41, 5.74) is 0.444. The molecule has 162 valence electrons. The quantitative estimate of drug-likeness (QED) is 0.321. The maximum absolute atomic E-state index is 13.4. The number of amides is 1. The standard InChI is InChI=1S/C22H15Br2N3O4S/c1-2-31-22(30)18-16-11-32-20(25-19(28)12-4-3-5-14(24)10-12)17(16)21(29)27(26-18)15-8-6-13(23)7-9-15/h3-11H,2H2,1H3,(H,25,28). The number of nitrogens with one attached hydrogen (secondary N) is 1. The van der Waals surface area contributed by atoms with Crippen molar-refractivity contribution in [2.45, 2.75) is 6.92 Å². The minimum absolute atomic E-state index is 0.00331. The van der Waals surface area contributed by atoms with E-state index in [1.165, 1.54) is 0 Å². The molecule has 2 aromatic heterocycles. The molecule has 7 nitrogen and oxygen atoms in total. The molecule has 0 saturated carbocycles. The van der Waals surface area contributed by atoms with Crippen LogP contribution in [0.4, 0.5) is 5.00 Å². The lowest BCUT2D eigenvalue weighted by atomic mass is 10.2. The number of anilines is 1. The molecule has 0 aliphatic rings. The van der Waals surface area contributed by atoms with E-state index in [2.05, 4.69) is 42.3 Å². The van der Waals surface area contributed by atoms with Crippen molar-refractivity contribution in [3.63, 3.8) is 0 Å². The van der Waals surface area contributed by atoms with Crippen molar-refractivity contribution in [2.75, 3.05) is 11.9 Å². The highest BCUT2D eigenvalue weighted by atomic mass is 79.9. The first-order chi connectivity index (χ1) is 15.4. The predicted octanol–water partition coefficient (Wildman–Crippen LogP) is 5.40. The Hall–Kier alpha value is -2.82. The van der Waals surface area contributed by atoms with E-state index in [1.807, 2.05) is 6.07 Å². The first kappa shape index (κ1) is 22.4. The fourth-order valence-corrected chi connectivity index (χ4v) is 4.65. The number of fused-ring (bicyclic) bond motifs is 1. The summed E-state index contributed by atoms with van der Waals surface area (Å²) in [7, 11) is 0. The number of halogens is 2. The number of rotatable bonds is 5. The molecule has 2 heterocycles. The van der Waals surface area contributed by atoms with Crippen molar-refractivity contribution in [1.82, 2.24) is 9.78 Å². The smallest absolute Gasteiger partial charge is 0.359 e. The van der Waals surface area contributed by atoms with Gasteiger partial charge in [-0.15, -0.1) is 11.3 Å². The van der Waals surface area contributed by atoms with Crippen molar-refractivity contribution in [3.8, 4) is 5.69 Å². The van der Waals surface area contributed by atoms with E-state index in [0.29, 0.717) is 21.6 Å². The van der Waals surface area contributed by atoms with Gasteiger partial charge in [-0.1, -0.05) is 37.9 Å². The van der Waals surface area contributed by atoms with Gasteiger partial charge in [0.05, 0.1) is 17.7 Å². The SMILES string of the molecule is CCOC(=O)c1nn(-c2ccc(Br)cc2)c(=O)c2c(NC(=O)c3cccc(Br)c3)scc12. The lowest BCUT2D eigenvalue weighted by Gasteiger charge is -2.10. The molecule has 2 aromatic carbocycles. The highest BCUT2D eigenvalue weighted by Gasteiger charge is 2.23. The molecule has 0 saturated heterocycles. The van der Waals surface area contributed by atoms with Crippen molar-refractivity contribution in [1.29, 1.82) is 0 Å². The van der Waals surface area contributed by atoms with Crippen LogP contribution in [0.25, 0.3) is 16.5 Å². The lowest BCUT2D eigenvalue weighted by molar-refractivity contribution is 0.0520. The molecule has 0 unspecified atom stereocenters. The molecule has 1 N–H and O–H groups in total. The van der Waals surface area contributed by atoms with E-state index < -0.39 is 11.5 Å². The van der Waals surface area contributed by atoms with Crippen LogP contribution in [0.5, 0.6) is 0 Å². The normalized spacial score (nSPS) is 10.8. The van der Waals surface area contributed by atoms with Gasteiger partial charge < -0.3 is 10.1 Å². The molecule has 10 heteroatoms. The Bertz CT molecular complexity index is 1400. The highest BCUT2D eigenvalue weighted by Crippen LogP contribution is 2.31. The third-order valence-corrected chi connectivity index (χ3v) is 6.42. The molecule has 4 aromatic rings. The van der Waals surface area contributed by atoms with Gasteiger partial charge in [0.15, 0.2) is 5.69 Å². The first-order valence-corrected chi connectivity index (χ1v) is 11.9. The van der Waals surface area contributed by atoms with E-state index in [4.69, 9.17) is 4.74 Å². The lowest BCUT2D eigenvalue weighted by Crippen LogP contribution is -2.25. The van der Waals surface area contributed by atoms with Gasteiger partial charge in [-0.2, -0.15) is 9.78 Å². The van der Waals surface area contributed by atoms with Crippen molar-refractivity contribution >= 4 is 70.8 Å². The number of hydrogen-bond donors (Lipinski definition) is 1. The Kier molecular flexibility index (Phi) is 6.54. The first-order valence-electron chi connectivity index (χ1n) is 9.43.